The number of phenols is 1. The van der Waals surface area contributed by atoms with Gasteiger partial charge in [-0.3, -0.25) is 0 Å². The maximum Gasteiger partial charge on any atom is 0.171 e. The van der Waals surface area contributed by atoms with E-state index < -0.39 is 0 Å². The third-order valence-corrected chi connectivity index (χ3v) is 4.29. The highest BCUT2D eigenvalue weighted by molar-refractivity contribution is 14.1. The summed E-state index contributed by atoms with van der Waals surface area (Å²) in [5.74, 6) is 0.711. The molecule has 2 aromatic rings. The largest absolute Gasteiger partial charge is 0.504 e. The number of nitrogens with one attached hydrogen (secondary N) is 1. The molecular formula is C16H17ClINO2. The molecule has 0 aliphatic heterocycles. The van der Waals surface area contributed by atoms with Crippen LogP contribution in [0.3, 0.4) is 0 Å². The third-order valence-electron chi connectivity index (χ3n) is 3.06. The number of hydrogen-bond acceptors (Lipinski definition) is 3. The first-order valence-corrected chi connectivity index (χ1v) is 8.11. The van der Waals surface area contributed by atoms with E-state index >= 15 is 0 Å². The highest BCUT2D eigenvalue weighted by atomic mass is 127. The van der Waals surface area contributed by atoms with Gasteiger partial charge in [0.05, 0.1) is 10.2 Å². The molecule has 0 bridgehead atoms. The lowest BCUT2D eigenvalue weighted by Gasteiger charge is -2.12. The molecule has 0 unspecified atom stereocenters. The first-order chi connectivity index (χ1) is 10.0. The smallest absolute Gasteiger partial charge is 0.171 e. The van der Waals surface area contributed by atoms with Crippen LogP contribution in [-0.4, -0.2) is 11.7 Å². The predicted molar refractivity (Wildman–Crippen MR) is 95.5 cm³/mol. The van der Waals surface area contributed by atoms with Crippen LogP contribution in [0.4, 0.5) is 5.69 Å². The molecule has 2 rings (SSSR count). The van der Waals surface area contributed by atoms with E-state index in [4.69, 9.17) is 16.3 Å². The highest BCUT2D eigenvalue weighted by Crippen LogP contribution is 2.33. The van der Waals surface area contributed by atoms with Gasteiger partial charge in [-0.2, -0.15) is 0 Å². The van der Waals surface area contributed by atoms with E-state index in [-0.39, 0.29) is 5.75 Å². The molecule has 2 N–H and O–H groups in total. The lowest BCUT2D eigenvalue weighted by atomic mass is 10.2. The van der Waals surface area contributed by atoms with Crippen molar-refractivity contribution >= 4 is 39.9 Å². The molecule has 0 aliphatic rings. The van der Waals surface area contributed by atoms with Gasteiger partial charge in [-0.15, -0.1) is 0 Å². The van der Waals surface area contributed by atoms with E-state index in [2.05, 4.69) is 27.9 Å². The number of anilines is 1. The molecule has 0 fully saturated rings. The van der Waals surface area contributed by atoms with Crippen LogP contribution in [0.5, 0.6) is 11.5 Å². The molecule has 0 amide bonds. The van der Waals surface area contributed by atoms with Crippen molar-refractivity contribution in [3.63, 3.8) is 0 Å². The Balaban J connectivity index is 2.14. The quantitative estimate of drug-likeness (QED) is 0.675. The molecule has 0 spiro atoms. The monoisotopic (exact) mass is 417 g/mol. The molecule has 0 saturated carbocycles. The second-order valence-corrected chi connectivity index (χ2v) is 6.24. The zero-order chi connectivity index (χ0) is 15.4. The van der Waals surface area contributed by atoms with E-state index in [1.165, 1.54) is 0 Å². The Morgan fingerprint density at radius 2 is 2.05 bits per heavy atom. The normalized spacial score (nSPS) is 10.5. The maximum atomic E-state index is 9.93. The number of benzene rings is 2. The van der Waals surface area contributed by atoms with Crippen molar-refractivity contribution < 1.29 is 9.84 Å². The fourth-order valence-corrected chi connectivity index (χ4v) is 2.75. The molecule has 0 aliphatic carbocycles. The van der Waals surface area contributed by atoms with Gasteiger partial charge in [0.1, 0.15) is 0 Å². The first-order valence-electron chi connectivity index (χ1n) is 6.65. The second-order valence-electron chi connectivity index (χ2n) is 4.67. The van der Waals surface area contributed by atoms with Gasteiger partial charge in [-0.05, 0) is 71.8 Å². The molecule has 2 aromatic carbocycles. The SMILES string of the molecule is CCOc1cc(CNc2ccc(C)c(Cl)c2)cc(I)c1O. The Morgan fingerprint density at radius 3 is 2.71 bits per heavy atom. The summed E-state index contributed by atoms with van der Waals surface area (Å²) in [6, 6.07) is 9.67. The van der Waals surface area contributed by atoms with Gasteiger partial charge >= 0.3 is 0 Å². The van der Waals surface area contributed by atoms with Crippen LogP contribution in [0, 0.1) is 10.5 Å². The van der Waals surface area contributed by atoms with E-state index in [0.717, 1.165) is 25.4 Å². The molecule has 0 radical (unpaired) electrons. The van der Waals surface area contributed by atoms with Crippen molar-refractivity contribution in [1.29, 1.82) is 0 Å². The number of ether oxygens (including phenoxy) is 1. The van der Waals surface area contributed by atoms with Crippen LogP contribution in [-0.2, 0) is 6.54 Å². The van der Waals surface area contributed by atoms with Crippen molar-refractivity contribution in [2.24, 2.45) is 0 Å². The van der Waals surface area contributed by atoms with Crippen molar-refractivity contribution in [3.05, 3.63) is 50.1 Å². The zero-order valence-electron chi connectivity index (χ0n) is 11.9. The maximum absolute atomic E-state index is 9.93. The van der Waals surface area contributed by atoms with E-state index in [9.17, 15) is 5.11 Å². The molecule has 0 aromatic heterocycles. The number of halogens is 2. The van der Waals surface area contributed by atoms with Gasteiger partial charge in [0.15, 0.2) is 11.5 Å². The van der Waals surface area contributed by atoms with Gasteiger partial charge < -0.3 is 15.2 Å². The standard InChI is InChI=1S/C16H17ClINO2/c1-3-21-15-7-11(6-14(18)16(15)20)9-19-12-5-4-10(2)13(17)8-12/h4-8,19-20H,3,9H2,1-2H3. The predicted octanol–water partition coefficient (Wildman–Crippen LogP) is 4.97. The van der Waals surface area contributed by atoms with E-state index in [1.54, 1.807) is 0 Å². The highest BCUT2D eigenvalue weighted by Gasteiger charge is 2.09. The van der Waals surface area contributed by atoms with Crippen molar-refractivity contribution in [3.8, 4) is 11.5 Å². The summed E-state index contributed by atoms with van der Waals surface area (Å²) in [7, 11) is 0. The number of phenolic OH excluding ortho intramolecular Hbond substituents is 1. The van der Waals surface area contributed by atoms with E-state index in [1.807, 2.05) is 44.2 Å². The summed E-state index contributed by atoms with van der Waals surface area (Å²) in [6.45, 7) is 5.03. The van der Waals surface area contributed by atoms with Gasteiger partial charge in [-0.1, -0.05) is 17.7 Å². The first kappa shape index (κ1) is 16.2. The summed E-state index contributed by atoms with van der Waals surface area (Å²) in [6.07, 6.45) is 0. The van der Waals surface area contributed by atoms with Crippen LogP contribution in [0.25, 0.3) is 0 Å². The Labute approximate surface area is 143 Å². The lowest BCUT2D eigenvalue weighted by molar-refractivity contribution is 0.317. The molecular weight excluding hydrogens is 401 g/mol. The van der Waals surface area contributed by atoms with Crippen LogP contribution >= 0.6 is 34.2 Å². The summed E-state index contributed by atoms with van der Waals surface area (Å²) < 4.78 is 6.22. The average molecular weight is 418 g/mol. The number of hydrogen-bond donors (Lipinski definition) is 2. The molecule has 112 valence electrons. The summed E-state index contributed by atoms with van der Waals surface area (Å²) in [4.78, 5) is 0. The summed E-state index contributed by atoms with van der Waals surface area (Å²) in [5, 5.41) is 14.0. The van der Waals surface area contributed by atoms with Gasteiger partial charge in [-0.25, -0.2) is 0 Å². The van der Waals surface area contributed by atoms with Crippen LogP contribution < -0.4 is 10.1 Å². The topological polar surface area (TPSA) is 41.5 Å². The number of aryl methyl sites for hydroxylation is 1. The van der Waals surface area contributed by atoms with Gasteiger partial charge in [0.25, 0.3) is 0 Å². The zero-order valence-corrected chi connectivity index (χ0v) is 14.8. The fourth-order valence-electron chi connectivity index (χ4n) is 1.90. The van der Waals surface area contributed by atoms with Crippen LogP contribution in [0.15, 0.2) is 30.3 Å². The van der Waals surface area contributed by atoms with Gasteiger partial charge in [0, 0.05) is 17.3 Å². The Bertz CT molecular complexity index is 646. The van der Waals surface area contributed by atoms with Crippen LogP contribution in [0.2, 0.25) is 5.02 Å². The van der Waals surface area contributed by atoms with Crippen LogP contribution in [0.1, 0.15) is 18.1 Å². The molecule has 5 heteroatoms. The minimum absolute atomic E-state index is 0.194. The Hall–Kier alpha value is -1.14. The molecule has 21 heavy (non-hydrogen) atoms. The van der Waals surface area contributed by atoms with E-state index in [0.29, 0.717) is 18.9 Å². The van der Waals surface area contributed by atoms with Crippen molar-refractivity contribution in [2.75, 3.05) is 11.9 Å². The van der Waals surface area contributed by atoms with Crippen molar-refractivity contribution in [1.82, 2.24) is 0 Å². The summed E-state index contributed by atoms with van der Waals surface area (Å²) in [5.41, 5.74) is 3.06. The second kappa shape index (κ2) is 7.22. The number of rotatable bonds is 5. The average Bonchev–Trinajstić information content (AvgIpc) is 2.45. The third kappa shape index (κ3) is 4.17. The fraction of sp³-hybridized carbons (Fsp3) is 0.250. The lowest BCUT2D eigenvalue weighted by Crippen LogP contribution is -2.01. The Morgan fingerprint density at radius 1 is 1.29 bits per heavy atom. The molecule has 0 atom stereocenters. The Kier molecular flexibility index (Phi) is 5.58. The van der Waals surface area contributed by atoms with Crippen molar-refractivity contribution in [2.45, 2.75) is 20.4 Å². The summed E-state index contributed by atoms with van der Waals surface area (Å²) >= 11 is 8.21. The molecule has 3 nitrogen and oxygen atoms in total. The minimum atomic E-state index is 0.194. The number of aromatic hydroxyl groups is 1. The van der Waals surface area contributed by atoms with Gasteiger partial charge in [0.2, 0.25) is 0 Å². The molecule has 0 saturated heterocycles. The molecule has 0 heterocycles. The minimum Gasteiger partial charge on any atom is -0.504 e.